The summed E-state index contributed by atoms with van der Waals surface area (Å²) in [5, 5.41) is 16.0. The third-order valence-corrected chi connectivity index (χ3v) is 6.29. The first-order valence-electron chi connectivity index (χ1n) is 11.4. The van der Waals surface area contributed by atoms with Crippen molar-refractivity contribution < 1.29 is 14.7 Å². The highest BCUT2D eigenvalue weighted by molar-refractivity contribution is 6.38. The predicted molar refractivity (Wildman–Crippen MR) is 142 cm³/mol. The van der Waals surface area contributed by atoms with Gasteiger partial charge in [-0.3, -0.25) is 9.59 Å². The molecular formula is C28H23ClN4O3. The molecule has 36 heavy (non-hydrogen) atoms. The molecule has 1 aliphatic rings. The van der Waals surface area contributed by atoms with Crippen molar-refractivity contribution in [2.45, 2.75) is 12.8 Å². The van der Waals surface area contributed by atoms with Crippen molar-refractivity contribution in [1.29, 1.82) is 0 Å². The van der Waals surface area contributed by atoms with Gasteiger partial charge in [-0.1, -0.05) is 35.9 Å². The highest BCUT2D eigenvalue weighted by atomic mass is 35.5. The number of rotatable bonds is 7. The molecule has 0 saturated carbocycles. The largest absolute Gasteiger partial charge is 0.481 e. The Balaban J connectivity index is 1.58. The Morgan fingerprint density at radius 1 is 1.11 bits per heavy atom. The molecule has 0 unspecified atom stereocenters. The Bertz CT molecular complexity index is 1510. The number of anilines is 2. The van der Waals surface area contributed by atoms with Crippen LogP contribution in [0.5, 0.6) is 0 Å². The molecule has 5 rings (SSSR count). The maximum atomic E-state index is 13.2. The summed E-state index contributed by atoms with van der Waals surface area (Å²) in [7, 11) is 1.94. The molecular weight excluding hydrogens is 476 g/mol. The van der Waals surface area contributed by atoms with Crippen molar-refractivity contribution >= 4 is 46.1 Å². The molecule has 1 amide bonds. The van der Waals surface area contributed by atoms with Gasteiger partial charge in [0.1, 0.15) is 5.82 Å². The number of carboxylic acid groups (broad SMARTS) is 1. The number of carbonyl (C=O) groups is 2. The topological polar surface area (TPSA) is 96.3 Å². The van der Waals surface area contributed by atoms with E-state index in [0.717, 1.165) is 33.8 Å². The molecule has 8 heteroatoms. The van der Waals surface area contributed by atoms with Gasteiger partial charge >= 0.3 is 5.97 Å². The molecule has 3 N–H and O–H groups in total. The lowest BCUT2D eigenvalue weighted by Gasteiger charge is -2.16. The standard InChI is InChI=1S/C28H23ClN4O3/c1-33-14-13-30-27(33)18-6-9-21(10-7-18)31-26(19-4-2-3-17(15-19)5-12-24(34)35)25-22-11-8-20(29)16-23(22)32-28(25)36/h2-4,6-11,13-16,31H,5,12H2,1H3,(H,32,36)(H,34,35)/b26-25-. The van der Waals surface area contributed by atoms with Gasteiger partial charge in [0, 0.05) is 47.7 Å². The summed E-state index contributed by atoms with van der Waals surface area (Å²) in [6.45, 7) is 0. The number of imidazole rings is 1. The molecule has 0 bridgehead atoms. The Morgan fingerprint density at radius 3 is 2.64 bits per heavy atom. The number of carboxylic acids is 1. The second-order valence-corrected chi connectivity index (χ2v) is 8.99. The average Bonchev–Trinajstić information content (AvgIpc) is 3.43. The van der Waals surface area contributed by atoms with E-state index in [1.165, 1.54) is 0 Å². The fraction of sp³-hybridized carbons (Fsp3) is 0.107. The van der Waals surface area contributed by atoms with Gasteiger partial charge in [-0.2, -0.15) is 0 Å². The summed E-state index contributed by atoms with van der Waals surface area (Å²) in [6, 6.07) is 20.7. The van der Waals surface area contributed by atoms with Crippen molar-refractivity contribution in [3.8, 4) is 11.4 Å². The zero-order valence-electron chi connectivity index (χ0n) is 19.5. The number of carbonyl (C=O) groups excluding carboxylic acids is 1. The number of hydrogen-bond donors (Lipinski definition) is 3. The second-order valence-electron chi connectivity index (χ2n) is 8.55. The zero-order valence-corrected chi connectivity index (χ0v) is 20.2. The first-order valence-corrected chi connectivity index (χ1v) is 11.8. The molecule has 1 aliphatic heterocycles. The first kappa shape index (κ1) is 23.4. The van der Waals surface area contributed by atoms with E-state index in [-0.39, 0.29) is 12.3 Å². The summed E-state index contributed by atoms with van der Waals surface area (Å²) in [6.07, 6.45) is 4.06. The molecule has 3 aromatic carbocycles. The van der Waals surface area contributed by atoms with Gasteiger partial charge in [0.05, 0.1) is 17.0 Å². The van der Waals surface area contributed by atoms with E-state index < -0.39 is 5.97 Å². The van der Waals surface area contributed by atoms with Gasteiger partial charge in [-0.15, -0.1) is 0 Å². The zero-order chi connectivity index (χ0) is 25.2. The van der Waals surface area contributed by atoms with Crippen LogP contribution >= 0.6 is 11.6 Å². The number of amides is 1. The van der Waals surface area contributed by atoms with Gasteiger partial charge in [-0.05, 0) is 60.0 Å². The van der Waals surface area contributed by atoms with Gasteiger partial charge < -0.3 is 20.3 Å². The Kier molecular flexibility index (Phi) is 6.31. The van der Waals surface area contributed by atoms with Crippen LogP contribution in [0.1, 0.15) is 23.1 Å². The van der Waals surface area contributed by atoms with Crippen LogP contribution in [-0.4, -0.2) is 26.5 Å². The Morgan fingerprint density at radius 2 is 1.92 bits per heavy atom. The van der Waals surface area contributed by atoms with Crippen LogP contribution in [0.4, 0.5) is 11.4 Å². The third-order valence-electron chi connectivity index (χ3n) is 6.05. The molecule has 0 fully saturated rings. The Labute approximate surface area is 213 Å². The number of aromatic nitrogens is 2. The lowest BCUT2D eigenvalue weighted by Crippen LogP contribution is -2.10. The van der Waals surface area contributed by atoms with Gasteiger partial charge in [-0.25, -0.2) is 4.98 Å². The van der Waals surface area contributed by atoms with Crippen molar-refractivity contribution in [3.05, 3.63) is 101 Å². The van der Waals surface area contributed by atoms with Crippen molar-refractivity contribution in [2.24, 2.45) is 7.05 Å². The predicted octanol–water partition coefficient (Wildman–Crippen LogP) is 5.69. The summed E-state index contributed by atoms with van der Waals surface area (Å²) < 4.78 is 1.95. The van der Waals surface area contributed by atoms with E-state index in [9.17, 15) is 9.59 Å². The molecule has 0 spiro atoms. The quantitative estimate of drug-likeness (QED) is 0.284. The number of fused-ring (bicyclic) bond motifs is 1. The third kappa shape index (κ3) is 4.74. The fourth-order valence-corrected chi connectivity index (χ4v) is 4.47. The molecule has 180 valence electrons. The molecule has 0 atom stereocenters. The van der Waals surface area contributed by atoms with Crippen LogP contribution in [0.15, 0.2) is 79.1 Å². The number of aryl methyl sites for hydroxylation is 2. The maximum Gasteiger partial charge on any atom is 0.303 e. The summed E-state index contributed by atoms with van der Waals surface area (Å²) in [4.78, 5) is 28.6. The molecule has 4 aromatic rings. The highest BCUT2D eigenvalue weighted by Crippen LogP contribution is 2.39. The SMILES string of the molecule is Cn1ccnc1-c1ccc(N/C(=C2\C(=O)Nc3cc(Cl)ccc32)c2cccc(CCC(=O)O)c2)cc1. The van der Waals surface area contributed by atoms with Crippen LogP contribution in [-0.2, 0) is 23.1 Å². The normalized spacial score (nSPS) is 13.8. The number of nitrogens with zero attached hydrogens (tertiary/aromatic N) is 2. The second kappa shape index (κ2) is 9.71. The lowest BCUT2D eigenvalue weighted by atomic mass is 9.97. The van der Waals surface area contributed by atoms with Crippen LogP contribution in [0.2, 0.25) is 5.02 Å². The van der Waals surface area contributed by atoms with Gasteiger partial charge in [0.2, 0.25) is 0 Å². The summed E-state index contributed by atoms with van der Waals surface area (Å²) >= 11 is 6.16. The molecule has 0 saturated heterocycles. The van der Waals surface area contributed by atoms with Gasteiger partial charge in [0.15, 0.2) is 0 Å². The van der Waals surface area contributed by atoms with E-state index in [2.05, 4.69) is 15.6 Å². The van der Waals surface area contributed by atoms with Crippen LogP contribution in [0.25, 0.3) is 22.7 Å². The van der Waals surface area contributed by atoms with Crippen LogP contribution < -0.4 is 10.6 Å². The Hall–Kier alpha value is -4.36. The molecule has 0 radical (unpaired) electrons. The molecule has 1 aromatic heterocycles. The monoisotopic (exact) mass is 498 g/mol. The minimum absolute atomic E-state index is 0.0270. The molecule has 2 heterocycles. The lowest BCUT2D eigenvalue weighted by molar-refractivity contribution is -0.137. The summed E-state index contributed by atoms with van der Waals surface area (Å²) in [5.41, 5.74) is 5.91. The number of hydrogen-bond acceptors (Lipinski definition) is 4. The smallest absolute Gasteiger partial charge is 0.303 e. The fourth-order valence-electron chi connectivity index (χ4n) is 4.30. The number of nitrogens with one attached hydrogen (secondary N) is 2. The molecule has 7 nitrogen and oxygen atoms in total. The number of benzene rings is 3. The minimum atomic E-state index is -0.856. The van der Waals surface area contributed by atoms with Crippen LogP contribution in [0.3, 0.4) is 0 Å². The van der Waals surface area contributed by atoms with E-state index in [1.54, 1.807) is 18.3 Å². The van der Waals surface area contributed by atoms with E-state index in [0.29, 0.717) is 28.4 Å². The minimum Gasteiger partial charge on any atom is -0.481 e. The van der Waals surface area contributed by atoms with E-state index in [4.69, 9.17) is 16.7 Å². The van der Waals surface area contributed by atoms with Crippen LogP contribution in [0, 0.1) is 0 Å². The molecule has 0 aliphatic carbocycles. The summed E-state index contributed by atoms with van der Waals surface area (Å²) in [5.74, 6) is -0.242. The number of aliphatic carboxylic acids is 1. The van der Waals surface area contributed by atoms with E-state index >= 15 is 0 Å². The van der Waals surface area contributed by atoms with Crippen molar-refractivity contribution in [3.63, 3.8) is 0 Å². The number of halogens is 1. The van der Waals surface area contributed by atoms with Gasteiger partial charge in [0.25, 0.3) is 5.91 Å². The van der Waals surface area contributed by atoms with E-state index in [1.807, 2.05) is 72.4 Å². The highest BCUT2D eigenvalue weighted by Gasteiger charge is 2.28. The van der Waals surface area contributed by atoms with Crippen molar-refractivity contribution in [1.82, 2.24) is 9.55 Å². The van der Waals surface area contributed by atoms with Crippen molar-refractivity contribution in [2.75, 3.05) is 10.6 Å². The maximum absolute atomic E-state index is 13.2. The average molecular weight is 499 g/mol. The first-order chi connectivity index (χ1) is 17.4.